The van der Waals surface area contributed by atoms with Crippen molar-refractivity contribution >= 4 is 11.8 Å². The Balaban J connectivity index is 1.85. The van der Waals surface area contributed by atoms with Gasteiger partial charge in [0.2, 0.25) is 0 Å². The topological polar surface area (TPSA) is 72.8 Å². The molecule has 0 amide bonds. The summed E-state index contributed by atoms with van der Waals surface area (Å²) in [5.41, 5.74) is -2.76. The minimum absolute atomic E-state index is 0.0829. The molecular weight excluding hydrogens is 332 g/mol. The van der Waals surface area contributed by atoms with Crippen molar-refractivity contribution in [1.82, 2.24) is 0 Å². The summed E-state index contributed by atoms with van der Waals surface area (Å²) in [6.45, 7) is 9.69. The Morgan fingerprint density at radius 1 is 1.12 bits per heavy atom. The minimum Gasteiger partial charge on any atom is -0.491 e. The summed E-state index contributed by atoms with van der Waals surface area (Å²) in [5, 5.41) is 11.7. The number of hydrogen-bond acceptors (Lipinski definition) is 5. The van der Waals surface area contributed by atoms with Crippen LogP contribution in [0.3, 0.4) is 0 Å². The Morgan fingerprint density at radius 3 is 2.50 bits per heavy atom. The Hall–Kier alpha value is -1.62. The highest BCUT2D eigenvalue weighted by Gasteiger charge is 2.70. The Bertz CT molecular complexity index is 762. The number of fused-ring (bicyclic) bond motifs is 3. The lowest BCUT2D eigenvalue weighted by Crippen LogP contribution is -2.71. The molecule has 0 unspecified atom stereocenters. The molecule has 5 heteroatoms. The number of rotatable bonds is 0. The summed E-state index contributed by atoms with van der Waals surface area (Å²) in [6, 6.07) is 0. The van der Waals surface area contributed by atoms with Gasteiger partial charge in [0.25, 0.3) is 0 Å². The second kappa shape index (κ2) is 5.00. The highest BCUT2D eigenvalue weighted by molar-refractivity contribution is 5.98. The van der Waals surface area contributed by atoms with Crippen LogP contribution in [0, 0.1) is 16.7 Å². The number of ketones is 1. The molecule has 26 heavy (non-hydrogen) atoms. The Morgan fingerprint density at radius 2 is 1.81 bits per heavy atom. The van der Waals surface area contributed by atoms with Gasteiger partial charge < -0.3 is 14.6 Å². The second-order valence-corrected chi connectivity index (χ2v) is 9.48. The number of carbonyl (C=O) groups excluding carboxylic acids is 2. The molecule has 1 N–H and O–H groups in total. The quantitative estimate of drug-likeness (QED) is 0.672. The summed E-state index contributed by atoms with van der Waals surface area (Å²) >= 11 is 0. The summed E-state index contributed by atoms with van der Waals surface area (Å²) < 4.78 is 11.8. The van der Waals surface area contributed by atoms with E-state index in [1.54, 1.807) is 6.08 Å². The second-order valence-electron chi connectivity index (χ2n) is 9.48. The predicted molar refractivity (Wildman–Crippen MR) is 95.0 cm³/mol. The van der Waals surface area contributed by atoms with E-state index in [2.05, 4.69) is 0 Å². The highest BCUT2D eigenvalue weighted by Crippen LogP contribution is 2.64. The summed E-state index contributed by atoms with van der Waals surface area (Å²) in [5.74, 6) is -0.0122. The van der Waals surface area contributed by atoms with Crippen LogP contribution >= 0.6 is 0 Å². The van der Waals surface area contributed by atoms with Crippen LogP contribution in [-0.2, 0) is 19.1 Å². The van der Waals surface area contributed by atoms with Gasteiger partial charge >= 0.3 is 5.97 Å². The molecule has 0 bridgehead atoms. The normalized spacial score (nSPS) is 46.7. The molecule has 4 aliphatic rings. The lowest BCUT2D eigenvalue weighted by atomic mass is 9.43. The van der Waals surface area contributed by atoms with Crippen molar-refractivity contribution in [3.8, 4) is 0 Å². The zero-order valence-corrected chi connectivity index (χ0v) is 16.2. The van der Waals surface area contributed by atoms with Gasteiger partial charge in [-0.1, -0.05) is 19.9 Å². The van der Waals surface area contributed by atoms with Crippen molar-refractivity contribution in [3.63, 3.8) is 0 Å². The number of cyclic esters (lactones) is 1. The van der Waals surface area contributed by atoms with Crippen LogP contribution in [0.4, 0.5) is 0 Å². The SMILES string of the molecule is C[C@@H]1CC2=C(C[C@@H]3[C@](C)(CC[C@@]4(O)C(C)(C)C=CC(=O)[C@]34C)O2)C(=O)O1. The first-order valence-corrected chi connectivity index (χ1v) is 9.53. The number of carbonyl (C=O) groups is 2. The van der Waals surface area contributed by atoms with E-state index in [-0.39, 0.29) is 23.8 Å². The van der Waals surface area contributed by atoms with Crippen LogP contribution in [0.1, 0.15) is 60.3 Å². The predicted octanol–water partition coefficient (Wildman–Crippen LogP) is 3.07. The van der Waals surface area contributed by atoms with Crippen molar-refractivity contribution in [2.24, 2.45) is 16.7 Å². The highest BCUT2D eigenvalue weighted by atomic mass is 16.6. The monoisotopic (exact) mass is 360 g/mol. The molecular formula is C21H28O5. The smallest absolute Gasteiger partial charge is 0.337 e. The first kappa shape index (κ1) is 17.8. The van der Waals surface area contributed by atoms with E-state index in [0.717, 1.165) is 0 Å². The molecule has 0 radical (unpaired) electrons. The zero-order valence-electron chi connectivity index (χ0n) is 16.2. The van der Waals surface area contributed by atoms with Crippen molar-refractivity contribution in [2.45, 2.75) is 77.6 Å². The van der Waals surface area contributed by atoms with Crippen LogP contribution in [0.5, 0.6) is 0 Å². The maximum absolute atomic E-state index is 13.1. The molecule has 142 valence electrons. The van der Waals surface area contributed by atoms with Crippen LogP contribution < -0.4 is 0 Å². The summed E-state index contributed by atoms with van der Waals surface area (Å²) in [6.07, 6.45) is 5.35. The van der Waals surface area contributed by atoms with Crippen LogP contribution in [0.2, 0.25) is 0 Å². The lowest BCUT2D eigenvalue weighted by Gasteiger charge is -2.64. The number of hydrogen-bond donors (Lipinski definition) is 1. The number of esters is 1. The van der Waals surface area contributed by atoms with Gasteiger partial charge in [0, 0.05) is 17.8 Å². The standard InChI is InChI=1S/C21H28O5/c1-12-10-14-13(17(23)25-12)11-15-19(4,26-14)8-9-21(24)18(2,3)7-6-16(22)20(15,21)5/h6-7,12,15,24H,8-11H2,1-5H3/t12-,15-,19+,20+,21-/m1/s1. The number of ether oxygens (including phenoxy) is 2. The van der Waals surface area contributed by atoms with Gasteiger partial charge in [0.1, 0.15) is 17.5 Å². The number of allylic oxidation sites excluding steroid dienone is 1. The lowest BCUT2D eigenvalue weighted by molar-refractivity contribution is -0.243. The Kier molecular flexibility index (Phi) is 3.42. The maximum atomic E-state index is 13.1. The molecule has 0 aromatic heterocycles. The van der Waals surface area contributed by atoms with Gasteiger partial charge in [-0.15, -0.1) is 0 Å². The van der Waals surface area contributed by atoms with E-state index in [4.69, 9.17) is 9.47 Å². The van der Waals surface area contributed by atoms with Crippen molar-refractivity contribution in [2.75, 3.05) is 0 Å². The third-order valence-corrected chi connectivity index (χ3v) is 7.63. The van der Waals surface area contributed by atoms with Crippen molar-refractivity contribution in [3.05, 3.63) is 23.5 Å². The first-order valence-electron chi connectivity index (χ1n) is 9.53. The summed E-state index contributed by atoms with van der Waals surface area (Å²) in [7, 11) is 0. The molecule has 2 aliphatic carbocycles. The van der Waals surface area contributed by atoms with E-state index < -0.39 is 22.0 Å². The van der Waals surface area contributed by atoms with Gasteiger partial charge in [0.05, 0.1) is 16.6 Å². The average Bonchev–Trinajstić information content (AvgIpc) is 2.54. The molecule has 4 rings (SSSR count). The minimum atomic E-state index is -1.18. The average molecular weight is 360 g/mol. The van der Waals surface area contributed by atoms with Crippen LogP contribution in [0.15, 0.2) is 23.5 Å². The zero-order chi connectivity index (χ0) is 19.1. The fourth-order valence-corrected chi connectivity index (χ4v) is 5.85. The molecule has 1 saturated carbocycles. The molecule has 0 spiro atoms. The fourth-order valence-electron chi connectivity index (χ4n) is 5.85. The first-order chi connectivity index (χ1) is 11.9. The van der Waals surface area contributed by atoms with Gasteiger partial charge in [-0.25, -0.2) is 4.79 Å². The molecule has 0 aromatic rings. The third-order valence-electron chi connectivity index (χ3n) is 7.63. The molecule has 0 aromatic carbocycles. The van der Waals surface area contributed by atoms with E-state index in [1.807, 2.05) is 40.7 Å². The van der Waals surface area contributed by atoms with E-state index >= 15 is 0 Å². The Labute approximate surface area is 154 Å². The van der Waals surface area contributed by atoms with Crippen LogP contribution in [0.25, 0.3) is 0 Å². The molecule has 1 fully saturated rings. The molecule has 5 atom stereocenters. The van der Waals surface area contributed by atoms with Crippen molar-refractivity contribution in [1.29, 1.82) is 0 Å². The molecule has 5 nitrogen and oxygen atoms in total. The van der Waals surface area contributed by atoms with Crippen LogP contribution in [-0.4, -0.2) is 34.2 Å². The largest absolute Gasteiger partial charge is 0.491 e. The van der Waals surface area contributed by atoms with Gasteiger partial charge in [0.15, 0.2) is 5.78 Å². The molecule has 2 aliphatic heterocycles. The van der Waals surface area contributed by atoms with Crippen molar-refractivity contribution < 1.29 is 24.2 Å². The van der Waals surface area contributed by atoms with E-state index in [1.165, 1.54) is 0 Å². The van der Waals surface area contributed by atoms with E-state index in [9.17, 15) is 14.7 Å². The molecule has 2 heterocycles. The number of aliphatic hydroxyl groups is 1. The summed E-state index contributed by atoms with van der Waals surface area (Å²) in [4.78, 5) is 25.5. The van der Waals surface area contributed by atoms with Gasteiger partial charge in [-0.05, 0) is 46.1 Å². The van der Waals surface area contributed by atoms with Gasteiger partial charge in [-0.2, -0.15) is 0 Å². The third kappa shape index (κ3) is 1.95. The maximum Gasteiger partial charge on any atom is 0.337 e. The molecule has 0 saturated heterocycles. The van der Waals surface area contributed by atoms with Gasteiger partial charge in [-0.3, -0.25) is 4.79 Å². The van der Waals surface area contributed by atoms with E-state index in [0.29, 0.717) is 37.0 Å². The fraction of sp³-hybridized carbons (Fsp3) is 0.714.